The number of hydrogen-bond donors (Lipinski definition) is 1. The largest absolute Gasteiger partial charge is 0.341 e. The van der Waals surface area contributed by atoms with Crippen molar-refractivity contribution in [2.45, 2.75) is 31.2 Å². The van der Waals surface area contributed by atoms with E-state index in [1.807, 2.05) is 17.1 Å². The fraction of sp³-hybridized carbons (Fsp3) is 0.429. The number of aromatic amines is 1. The second-order valence-electron chi connectivity index (χ2n) is 4.71. The lowest BCUT2D eigenvalue weighted by molar-refractivity contribution is 0.0590. The Morgan fingerprint density at radius 1 is 1.50 bits per heavy atom. The molecule has 1 saturated heterocycles. The molecule has 0 aromatic carbocycles. The molecule has 1 aliphatic rings. The van der Waals surface area contributed by atoms with Crippen LogP contribution in [0.25, 0.3) is 0 Å². The molecule has 1 aliphatic heterocycles. The van der Waals surface area contributed by atoms with Crippen molar-refractivity contribution in [1.82, 2.24) is 14.9 Å². The molecule has 1 fully saturated rings. The number of imidazole rings is 1. The Labute approximate surface area is 107 Å². The molecule has 96 valence electrons. The van der Waals surface area contributed by atoms with Gasteiger partial charge in [-0.3, -0.25) is 4.79 Å². The first-order valence-electron chi connectivity index (χ1n) is 6.27. The standard InChI is InChI=1S/C14H19N3O/c1-3-6-14(7-4-2)8-5-11-17(14)13(18)12-15-9-10-16-12/h3-4,9-10H,1-2,5-8,11H2,(H,15,16). The lowest BCUT2D eigenvalue weighted by atomic mass is 9.88. The van der Waals surface area contributed by atoms with Crippen LogP contribution in [-0.4, -0.2) is 32.9 Å². The first-order valence-corrected chi connectivity index (χ1v) is 6.27. The van der Waals surface area contributed by atoms with Crippen molar-refractivity contribution in [2.75, 3.05) is 6.54 Å². The minimum atomic E-state index is -0.159. The highest BCUT2D eigenvalue weighted by atomic mass is 16.2. The Hall–Kier alpha value is -1.84. The van der Waals surface area contributed by atoms with E-state index in [0.29, 0.717) is 5.82 Å². The maximum atomic E-state index is 12.4. The Bertz CT molecular complexity index is 426. The number of rotatable bonds is 5. The van der Waals surface area contributed by atoms with Crippen molar-refractivity contribution in [3.05, 3.63) is 43.5 Å². The third-order valence-corrected chi connectivity index (χ3v) is 3.59. The van der Waals surface area contributed by atoms with Gasteiger partial charge in [-0.25, -0.2) is 4.98 Å². The minimum absolute atomic E-state index is 0.0267. The van der Waals surface area contributed by atoms with Gasteiger partial charge in [0.15, 0.2) is 5.82 Å². The highest BCUT2D eigenvalue weighted by molar-refractivity contribution is 5.91. The Morgan fingerprint density at radius 3 is 2.78 bits per heavy atom. The zero-order valence-corrected chi connectivity index (χ0v) is 10.6. The third kappa shape index (κ3) is 2.10. The van der Waals surface area contributed by atoms with E-state index in [1.54, 1.807) is 12.4 Å². The molecule has 1 aromatic rings. The maximum absolute atomic E-state index is 12.4. The average Bonchev–Trinajstić information content (AvgIpc) is 2.98. The van der Waals surface area contributed by atoms with E-state index in [2.05, 4.69) is 23.1 Å². The summed E-state index contributed by atoms with van der Waals surface area (Å²) in [4.78, 5) is 21.3. The molecule has 0 atom stereocenters. The molecule has 0 unspecified atom stereocenters. The molecule has 2 rings (SSSR count). The van der Waals surface area contributed by atoms with E-state index >= 15 is 0 Å². The van der Waals surface area contributed by atoms with Crippen LogP contribution in [0.1, 0.15) is 36.3 Å². The fourth-order valence-corrected chi connectivity index (χ4v) is 2.81. The molecular weight excluding hydrogens is 226 g/mol. The summed E-state index contributed by atoms with van der Waals surface area (Å²) in [7, 11) is 0. The summed E-state index contributed by atoms with van der Waals surface area (Å²) < 4.78 is 0. The lowest BCUT2D eigenvalue weighted by Crippen LogP contribution is -2.47. The van der Waals surface area contributed by atoms with Crippen LogP contribution in [0.5, 0.6) is 0 Å². The Balaban J connectivity index is 2.26. The first kappa shape index (κ1) is 12.6. The number of carbonyl (C=O) groups is 1. The summed E-state index contributed by atoms with van der Waals surface area (Å²) >= 11 is 0. The zero-order valence-electron chi connectivity index (χ0n) is 10.6. The topological polar surface area (TPSA) is 49.0 Å². The molecule has 1 N–H and O–H groups in total. The number of likely N-dealkylation sites (tertiary alicyclic amines) is 1. The van der Waals surface area contributed by atoms with Gasteiger partial charge in [0.25, 0.3) is 5.91 Å². The maximum Gasteiger partial charge on any atom is 0.290 e. The molecule has 2 heterocycles. The predicted molar refractivity (Wildman–Crippen MR) is 71.2 cm³/mol. The number of nitrogens with one attached hydrogen (secondary N) is 1. The molecule has 18 heavy (non-hydrogen) atoms. The highest BCUT2D eigenvalue weighted by Crippen LogP contribution is 2.36. The molecule has 0 bridgehead atoms. The quantitative estimate of drug-likeness (QED) is 0.810. The second kappa shape index (κ2) is 5.21. The van der Waals surface area contributed by atoms with E-state index in [1.165, 1.54) is 0 Å². The fourth-order valence-electron chi connectivity index (χ4n) is 2.81. The van der Waals surface area contributed by atoms with E-state index in [9.17, 15) is 4.79 Å². The van der Waals surface area contributed by atoms with Crippen LogP contribution in [0.3, 0.4) is 0 Å². The number of nitrogens with zero attached hydrogens (tertiary/aromatic N) is 2. The van der Waals surface area contributed by atoms with E-state index in [4.69, 9.17) is 0 Å². The van der Waals surface area contributed by atoms with Gasteiger partial charge in [-0.15, -0.1) is 13.2 Å². The Morgan fingerprint density at radius 2 is 2.22 bits per heavy atom. The first-order chi connectivity index (χ1) is 8.73. The van der Waals surface area contributed by atoms with Gasteiger partial charge in [0.1, 0.15) is 0 Å². The van der Waals surface area contributed by atoms with Gasteiger partial charge < -0.3 is 9.88 Å². The smallest absolute Gasteiger partial charge is 0.290 e. The highest BCUT2D eigenvalue weighted by Gasteiger charge is 2.42. The average molecular weight is 245 g/mol. The van der Waals surface area contributed by atoms with Crippen molar-refractivity contribution < 1.29 is 4.79 Å². The van der Waals surface area contributed by atoms with Crippen LogP contribution in [0.15, 0.2) is 37.7 Å². The summed E-state index contributed by atoms with van der Waals surface area (Å²) in [6.45, 7) is 8.40. The number of hydrogen-bond acceptors (Lipinski definition) is 2. The van der Waals surface area contributed by atoms with Crippen molar-refractivity contribution in [3.8, 4) is 0 Å². The van der Waals surface area contributed by atoms with Crippen LogP contribution < -0.4 is 0 Å². The van der Waals surface area contributed by atoms with Gasteiger partial charge in [0.05, 0.1) is 5.54 Å². The third-order valence-electron chi connectivity index (χ3n) is 3.59. The van der Waals surface area contributed by atoms with E-state index in [0.717, 1.165) is 32.2 Å². The number of H-pyrrole nitrogens is 1. The van der Waals surface area contributed by atoms with Gasteiger partial charge in [-0.1, -0.05) is 12.2 Å². The van der Waals surface area contributed by atoms with Gasteiger partial charge in [0, 0.05) is 18.9 Å². The normalized spacial score (nSPS) is 17.7. The molecule has 1 aromatic heterocycles. The van der Waals surface area contributed by atoms with Gasteiger partial charge >= 0.3 is 0 Å². The van der Waals surface area contributed by atoms with Gasteiger partial charge in [0.2, 0.25) is 0 Å². The van der Waals surface area contributed by atoms with Crippen molar-refractivity contribution in [2.24, 2.45) is 0 Å². The second-order valence-corrected chi connectivity index (χ2v) is 4.71. The number of amides is 1. The van der Waals surface area contributed by atoms with Crippen LogP contribution in [0.2, 0.25) is 0 Å². The monoisotopic (exact) mass is 245 g/mol. The summed E-state index contributed by atoms with van der Waals surface area (Å²) in [6.07, 6.45) is 10.7. The SMILES string of the molecule is C=CCC1(CC=C)CCCN1C(=O)c1ncc[nH]1. The molecule has 1 amide bonds. The van der Waals surface area contributed by atoms with Crippen LogP contribution in [0.4, 0.5) is 0 Å². The van der Waals surface area contributed by atoms with Crippen molar-refractivity contribution >= 4 is 5.91 Å². The van der Waals surface area contributed by atoms with Crippen molar-refractivity contribution in [3.63, 3.8) is 0 Å². The summed E-state index contributed by atoms with van der Waals surface area (Å²) in [5.41, 5.74) is -0.159. The summed E-state index contributed by atoms with van der Waals surface area (Å²) in [5, 5.41) is 0. The molecule has 0 aliphatic carbocycles. The lowest BCUT2D eigenvalue weighted by Gasteiger charge is -2.37. The van der Waals surface area contributed by atoms with E-state index in [-0.39, 0.29) is 11.4 Å². The van der Waals surface area contributed by atoms with Crippen LogP contribution in [0, 0.1) is 0 Å². The summed E-state index contributed by atoms with van der Waals surface area (Å²) in [6, 6.07) is 0. The predicted octanol–water partition coefficient (Wildman–Crippen LogP) is 2.54. The molecule has 4 heteroatoms. The Kier molecular flexibility index (Phi) is 3.65. The molecule has 0 radical (unpaired) electrons. The van der Waals surface area contributed by atoms with Gasteiger partial charge in [-0.2, -0.15) is 0 Å². The van der Waals surface area contributed by atoms with Crippen molar-refractivity contribution in [1.29, 1.82) is 0 Å². The van der Waals surface area contributed by atoms with Crippen LogP contribution >= 0.6 is 0 Å². The number of aromatic nitrogens is 2. The minimum Gasteiger partial charge on any atom is -0.341 e. The van der Waals surface area contributed by atoms with Gasteiger partial charge in [-0.05, 0) is 25.7 Å². The summed E-state index contributed by atoms with van der Waals surface area (Å²) in [5.74, 6) is 0.385. The van der Waals surface area contributed by atoms with E-state index < -0.39 is 0 Å². The number of carbonyl (C=O) groups excluding carboxylic acids is 1. The molecular formula is C14H19N3O. The molecule has 4 nitrogen and oxygen atoms in total. The van der Waals surface area contributed by atoms with Crippen LogP contribution in [-0.2, 0) is 0 Å². The molecule has 0 spiro atoms. The molecule has 0 saturated carbocycles. The zero-order chi connectivity index (χ0) is 13.0.